The molecule has 5 heteroatoms. The Morgan fingerprint density at radius 3 is 2.22 bits per heavy atom. The summed E-state index contributed by atoms with van der Waals surface area (Å²) in [6.45, 7) is 3.99. The third-order valence-corrected chi connectivity index (χ3v) is 7.39. The fourth-order valence-electron chi connectivity index (χ4n) is 4.97. The number of aliphatic carboxylic acids is 1. The Bertz CT molecular complexity index is 1360. The monoisotopic (exact) mass is 481 g/mol. The lowest BCUT2D eigenvalue weighted by atomic mass is 9.93. The fraction of sp³-hybridized carbons (Fsp3) is 0.290. The highest BCUT2D eigenvalue weighted by Gasteiger charge is 2.51. The van der Waals surface area contributed by atoms with E-state index in [1.807, 2.05) is 74.5 Å². The summed E-state index contributed by atoms with van der Waals surface area (Å²) >= 11 is 0. The Morgan fingerprint density at radius 1 is 0.972 bits per heavy atom. The van der Waals surface area contributed by atoms with Crippen LogP contribution in [0.5, 0.6) is 0 Å². The molecule has 1 fully saturated rings. The molecule has 2 N–H and O–H groups in total. The molecule has 1 aliphatic rings. The summed E-state index contributed by atoms with van der Waals surface area (Å²) < 4.78 is 5.70. The molecule has 0 aliphatic heterocycles. The first-order valence-electron chi connectivity index (χ1n) is 12.5. The number of aromatic nitrogens is 1. The van der Waals surface area contributed by atoms with Gasteiger partial charge in [-0.3, -0.25) is 4.79 Å². The Labute approximate surface area is 211 Å². The van der Waals surface area contributed by atoms with E-state index < -0.39 is 17.5 Å². The zero-order chi connectivity index (χ0) is 25.3. The van der Waals surface area contributed by atoms with Gasteiger partial charge in [0, 0.05) is 11.1 Å². The number of carboxylic acids is 1. The fourth-order valence-corrected chi connectivity index (χ4v) is 4.97. The molecular formula is C31H31NO4. The highest BCUT2D eigenvalue weighted by atomic mass is 16.5. The maximum absolute atomic E-state index is 11.6. The largest absolute Gasteiger partial charge is 0.481 e. The predicted molar refractivity (Wildman–Crippen MR) is 140 cm³/mol. The SMILES string of the molecule is Cc1cccc(C(O)CCCc2c(C)noc2-c2ccc(-c3ccc(C4(C(=O)O)CC4)cc3)cc2)c1. The number of carboxylic acid groups (broad SMARTS) is 1. The van der Waals surface area contributed by atoms with E-state index in [0.717, 1.165) is 63.2 Å². The van der Waals surface area contributed by atoms with Crippen LogP contribution in [0.25, 0.3) is 22.5 Å². The van der Waals surface area contributed by atoms with Gasteiger partial charge in [-0.15, -0.1) is 0 Å². The van der Waals surface area contributed by atoms with Crippen LogP contribution in [0, 0.1) is 13.8 Å². The quantitative estimate of drug-likeness (QED) is 0.275. The lowest BCUT2D eigenvalue weighted by Gasteiger charge is -2.12. The molecule has 5 nitrogen and oxygen atoms in total. The number of aryl methyl sites for hydroxylation is 2. The van der Waals surface area contributed by atoms with E-state index in [2.05, 4.69) is 17.3 Å². The van der Waals surface area contributed by atoms with Gasteiger partial charge >= 0.3 is 5.97 Å². The van der Waals surface area contributed by atoms with Crippen molar-refractivity contribution in [3.05, 3.63) is 101 Å². The third kappa shape index (κ3) is 4.71. The lowest BCUT2D eigenvalue weighted by Crippen LogP contribution is -2.19. The molecule has 1 saturated carbocycles. The normalized spacial score (nSPS) is 15.0. The average Bonchev–Trinajstić information content (AvgIpc) is 3.63. The molecule has 1 heterocycles. The van der Waals surface area contributed by atoms with Crippen LogP contribution >= 0.6 is 0 Å². The van der Waals surface area contributed by atoms with Crippen LogP contribution in [0.1, 0.15) is 59.7 Å². The number of hydrogen-bond donors (Lipinski definition) is 2. The first-order chi connectivity index (χ1) is 17.4. The van der Waals surface area contributed by atoms with E-state index >= 15 is 0 Å². The lowest BCUT2D eigenvalue weighted by molar-refractivity contribution is -0.140. The van der Waals surface area contributed by atoms with Crippen LogP contribution < -0.4 is 0 Å². The van der Waals surface area contributed by atoms with Crippen LogP contribution in [0.4, 0.5) is 0 Å². The summed E-state index contributed by atoms with van der Waals surface area (Å²) in [7, 11) is 0. The Morgan fingerprint density at radius 2 is 1.61 bits per heavy atom. The Kier molecular flexibility index (Phi) is 6.50. The molecular weight excluding hydrogens is 450 g/mol. The van der Waals surface area contributed by atoms with Crippen LogP contribution in [0.2, 0.25) is 0 Å². The standard InChI is InChI=1S/C31H31NO4/c1-20-5-3-6-25(19-20)28(33)8-4-7-27-21(2)32-36-29(27)24-11-9-22(10-12-24)23-13-15-26(16-14-23)31(17-18-31)30(34)35/h3,5-6,9-16,19,28,33H,4,7-8,17-18H2,1-2H3,(H,34,35). The van der Waals surface area contributed by atoms with Gasteiger partial charge in [0.1, 0.15) is 0 Å². The first kappa shape index (κ1) is 24.0. The number of carbonyl (C=O) groups is 1. The molecule has 184 valence electrons. The number of hydrogen-bond acceptors (Lipinski definition) is 4. The summed E-state index contributed by atoms with van der Waals surface area (Å²) in [4.78, 5) is 11.6. The van der Waals surface area contributed by atoms with Gasteiger partial charge in [-0.2, -0.15) is 0 Å². The van der Waals surface area contributed by atoms with Gasteiger partial charge in [0.05, 0.1) is 17.2 Å². The van der Waals surface area contributed by atoms with Crippen molar-refractivity contribution in [1.82, 2.24) is 5.16 Å². The van der Waals surface area contributed by atoms with E-state index in [0.29, 0.717) is 19.3 Å². The van der Waals surface area contributed by atoms with Crippen molar-refractivity contribution in [2.75, 3.05) is 0 Å². The summed E-state index contributed by atoms with van der Waals surface area (Å²) in [6, 6.07) is 24.1. The van der Waals surface area contributed by atoms with Crippen LogP contribution in [0.15, 0.2) is 77.3 Å². The number of benzene rings is 3. The van der Waals surface area contributed by atoms with Gasteiger partial charge < -0.3 is 14.7 Å². The predicted octanol–water partition coefficient (Wildman–Crippen LogP) is 6.80. The second-order valence-electron chi connectivity index (χ2n) is 9.94. The molecule has 1 unspecified atom stereocenters. The van der Waals surface area contributed by atoms with Crippen molar-refractivity contribution < 1.29 is 19.5 Å². The van der Waals surface area contributed by atoms with Crippen molar-refractivity contribution >= 4 is 5.97 Å². The van der Waals surface area contributed by atoms with Crippen LogP contribution in [0.3, 0.4) is 0 Å². The zero-order valence-electron chi connectivity index (χ0n) is 20.7. The summed E-state index contributed by atoms with van der Waals surface area (Å²) in [5.41, 5.74) is 7.33. The molecule has 0 radical (unpaired) electrons. The van der Waals surface area contributed by atoms with Gasteiger partial charge in [-0.25, -0.2) is 0 Å². The molecule has 0 saturated heterocycles. The van der Waals surface area contributed by atoms with E-state index in [-0.39, 0.29) is 0 Å². The Balaban J connectivity index is 1.27. The molecule has 0 bridgehead atoms. The molecule has 1 aliphatic carbocycles. The minimum absolute atomic E-state index is 0.482. The third-order valence-electron chi connectivity index (χ3n) is 7.39. The van der Waals surface area contributed by atoms with Crippen molar-refractivity contribution in [2.24, 2.45) is 0 Å². The molecule has 1 atom stereocenters. The maximum atomic E-state index is 11.6. The van der Waals surface area contributed by atoms with Crippen molar-refractivity contribution in [3.63, 3.8) is 0 Å². The second-order valence-corrected chi connectivity index (χ2v) is 9.94. The molecule has 3 aromatic carbocycles. The van der Waals surface area contributed by atoms with E-state index in [9.17, 15) is 15.0 Å². The molecule has 0 amide bonds. The maximum Gasteiger partial charge on any atom is 0.314 e. The van der Waals surface area contributed by atoms with E-state index in [4.69, 9.17) is 4.52 Å². The van der Waals surface area contributed by atoms with Gasteiger partial charge in [0.25, 0.3) is 0 Å². The summed E-state index contributed by atoms with van der Waals surface area (Å²) in [6.07, 6.45) is 3.21. The minimum atomic E-state index is -0.734. The van der Waals surface area contributed by atoms with Crippen molar-refractivity contribution in [1.29, 1.82) is 0 Å². The summed E-state index contributed by atoms with van der Waals surface area (Å²) in [5, 5.41) is 24.3. The number of rotatable bonds is 9. The van der Waals surface area contributed by atoms with Gasteiger partial charge in [0.15, 0.2) is 5.76 Å². The summed E-state index contributed by atoms with van der Waals surface area (Å²) in [5.74, 6) is 0.0407. The van der Waals surface area contributed by atoms with Crippen LogP contribution in [-0.2, 0) is 16.6 Å². The number of nitrogens with zero attached hydrogens (tertiary/aromatic N) is 1. The highest BCUT2D eigenvalue weighted by Crippen LogP contribution is 2.48. The molecule has 5 rings (SSSR count). The zero-order valence-corrected chi connectivity index (χ0v) is 20.7. The highest BCUT2D eigenvalue weighted by molar-refractivity contribution is 5.85. The topological polar surface area (TPSA) is 83.6 Å². The number of aliphatic hydroxyl groups is 1. The van der Waals surface area contributed by atoms with Gasteiger partial charge in [0.2, 0.25) is 0 Å². The Hall–Kier alpha value is -3.70. The number of aliphatic hydroxyl groups excluding tert-OH is 1. The minimum Gasteiger partial charge on any atom is -0.481 e. The smallest absolute Gasteiger partial charge is 0.314 e. The van der Waals surface area contributed by atoms with E-state index in [1.165, 1.54) is 0 Å². The first-order valence-corrected chi connectivity index (χ1v) is 12.5. The van der Waals surface area contributed by atoms with Crippen molar-refractivity contribution in [2.45, 2.75) is 57.5 Å². The molecule has 4 aromatic rings. The van der Waals surface area contributed by atoms with Gasteiger partial charge in [-0.1, -0.05) is 83.5 Å². The van der Waals surface area contributed by atoms with Gasteiger partial charge in [-0.05, 0) is 68.2 Å². The second kappa shape index (κ2) is 9.75. The van der Waals surface area contributed by atoms with Crippen molar-refractivity contribution in [3.8, 4) is 22.5 Å². The molecule has 1 aromatic heterocycles. The average molecular weight is 482 g/mol. The molecule has 36 heavy (non-hydrogen) atoms. The van der Waals surface area contributed by atoms with Crippen LogP contribution in [-0.4, -0.2) is 21.3 Å². The molecule has 0 spiro atoms. The van der Waals surface area contributed by atoms with E-state index in [1.54, 1.807) is 0 Å².